The van der Waals surface area contributed by atoms with Crippen molar-refractivity contribution in [1.82, 2.24) is 0 Å². The first-order chi connectivity index (χ1) is 13.0. The van der Waals surface area contributed by atoms with Crippen LogP contribution in [0.25, 0.3) is 11.0 Å². The van der Waals surface area contributed by atoms with Gasteiger partial charge in [-0.3, -0.25) is 4.79 Å². The minimum Gasteiger partial charge on any atom is -0.492 e. The Bertz CT molecular complexity index is 1040. The summed E-state index contributed by atoms with van der Waals surface area (Å²) in [5.41, 5.74) is 2.63. The topological polar surface area (TPSA) is 60.7 Å². The molecule has 1 aromatic heterocycles. The Morgan fingerprint density at radius 2 is 2.15 bits per heavy atom. The third-order valence-electron chi connectivity index (χ3n) is 4.65. The molecule has 2 heterocycles. The number of carbonyl (C=O) groups excluding carboxylic acids is 1. The average Bonchev–Trinajstić information content (AvgIpc) is 3.14. The maximum Gasteiger partial charge on any atom is 0.291 e. The number of ether oxygens (including phenoxy) is 2. The van der Waals surface area contributed by atoms with Gasteiger partial charge in [0, 0.05) is 29.0 Å². The predicted molar refractivity (Wildman–Crippen MR) is 100 cm³/mol. The summed E-state index contributed by atoms with van der Waals surface area (Å²) < 4.78 is 30.6. The zero-order valence-electron chi connectivity index (χ0n) is 15.4. The molecule has 27 heavy (non-hydrogen) atoms. The number of rotatable bonds is 4. The lowest BCUT2D eigenvalue weighted by molar-refractivity contribution is 0.0997. The Balaban J connectivity index is 1.69. The molecule has 0 unspecified atom stereocenters. The van der Waals surface area contributed by atoms with E-state index < -0.39 is 5.91 Å². The lowest BCUT2D eigenvalue weighted by atomic mass is 10.1. The molecule has 0 bridgehead atoms. The third kappa shape index (κ3) is 3.12. The summed E-state index contributed by atoms with van der Waals surface area (Å²) in [7, 11) is 0. The van der Waals surface area contributed by atoms with Gasteiger partial charge in [0.15, 0.2) is 5.76 Å². The van der Waals surface area contributed by atoms with Crippen molar-refractivity contribution in [3.8, 4) is 11.5 Å². The summed E-state index contributed by atoms with van der Waals surface area (Å²) in [5, 5.41) is 3.42. The number of nitrogens with one attached hydrogen (secondary N) is 1. The van der Waals surface area contributed by atoms with Crippen molar-refractivity contribution >= 4 is 22.6 Å². The van der Waals surface area contributed by atoms with Crippen molar-refractivity contribution in [2.45, 2.75) is 33.3 Å². The molecule has 0 spiro atoms. The molecule has 4 rings (SSSR count). The number of amides is 1. The Hall–Kier alpha value is -3.02. The van der Waals surface area contributed by atoms with Crippen LogP contribution in [0.3, 0.4) is 0 Å². The fraction of sp³-hybridized carbons (Fsp3) is 0.286. The zero-order valence-corrected chi connectivity index (χ0v) is 15.4. The van der Waals surface area contributed by atoms with Crippen LogP contribution >= 0.6 is 0 Å². The number of hydrogen-bond acceptors (Lipinski definition) is 4. The second-order valence-corrected chi connectivity index (χ2v) is 6.67. The molecule has 0 fully saturated rings. The van der Waals surface area contributed by atoms with E-state index in [0.717, 1.165) is 17.7 Å². The SMILES string of the molecule is CCOc1cc2c(cc1NC(=O)c1oc3ccc(F)cc3c1C)O[C@H](C)C2. The maximum absolute atomic E-state index is 13.5. The van der Waals surface area contributed by atoms with Crippen LogP contribution in [-0.4, -0.2) is 18.6 Å². The molecule has 1 aliphatic rings. The van der Waals surface area contributed by atoms with E-state index in [2.05, 4.69) is 5.32 Å². The van der Waals surface area contributed by atoms with Gasteiger partial charge in [-0.1, -0.05) is 0 Å². The number of benzene rings is 2. The van der Waals surface area contributed by atoms with Gasteiger partial charge in [-0.15, -0.1) is 0 Å². The number of furan rings is 1. The highest BCUT2D eigenvalue weighted by atomic mass is 19.1. The van der Waals surface area contributed by atoms with Gasteiger partial charge >= 0.3 is 0 Å². The minimum atomic E-state index is -0.420. The molecule has 2 aromatic carbocycles. The van der Waals surface area contributed by atoms with Crippen LogP contribution in [0, 0.1) is 12.7 Å². The second kappa shape index (κ2) is 6.61. The molecule has 0 aliphatic carbocycles. The molecule has 1 N–H and O–H groups in total. The molecular weight excluding hydrogens is 349 g/mol. The summed E-state index contributed by atoms with van der Waals surface area (Å²) in [6.07, 6.45) is 0.894. The quantitative estimate of drug-likeness (QED) is 0.714. The first-order valence-electron chi connectivity index (χ1n) is 8.92. The van der Waals surface area contributed by atoms with Crippen LogP contribution in [0.5, 0.6) is 11.5 Å². The standard InChI is InChI=1S/C21H20FNO4/c1-4-25-19-8-13-7-11(2)26-18(13)10-16(19)23-21(24)20-12(3)15-9-14(22)5-6-17(15)27-20/h5-6,8-11H,4,7H2,1-3H3,(H,23,24)/t11-/m1/s1. The summed E-state index contributed by atoms with van der Waals surface area (Å²) in [5.74, 6) is 0.678. The van der Waals surface area contributed by atoms with Crippen molar-refractivity contribution in [2.75, 3.05) is 11.9 Å². The highest BCUT2D eigenvalue weighted by molar-refractivity contribution is 6.07. The van der Waals surface area contributed by atoms with Crippen molar-refractivity contribution in [1.29, 1.82) is 0 Å². The Kier molecular flexibility index (Phi) is 4.26. The van der Waals surface area contributed by atoms with Crippen molar-refractivity contribution in [2.24, 2.45) is 0 Å². The van der Waals surface area contributed by atoms with Crippen molar-refractivity contribution < 1.29 is 23.1 Å². The third-order valence-corrected chi connectivity index (χ3v) is 4.65. The van der Waals surface area contributed by atoms with E-state index >= 15 is 0 Å². The van der Waals surface area contributed by atoms with Crippen LogP contribution < -0.4 is 14.8 Å². The first-order valence-corrected chi connectivity index (χ1v) is 8.92. The van der Waals surface area contributed by atoms with Gasteiger partial charge < -0.3 is 19.2 Å². The Morgan fingerprint density at radius 3 is 2.93 bits per heavy atom. The van der Waals surface area contributed by atoms with Gasteiger partial charge in [-0.25, -0.2) is 4.39 Å². The van der Waals surface area contributed by atoms with E-state index in [9.17, 15) is 9.18 Å². The molecule has 5 nitrogen and oxygen atoms in total. The van der Waals surface area contributed by atoms with Crippen LogP contribution in [0.15, 0.2) is 34.7 Å². The van der Waals surface area contributed by atoms with Crippen LogP contribution in [0.2, 0.25) is 0 Å². The summed E-state index contributed by atoms with van der Waals surface area (Å²) in [4.78, 5) is 12.8. The fourth-order valence-corrected chi connectivity index (χ4v) is 3.40. The van der Waals surface area contributed by atoms with Crippen LogP contribution in [0.1, 0.15) is 35.5 Å². The molecule has 140 valence electrons. The van der Waals surface area contributed by atoms with E-state index in [1.165, 1.54) is 18.2 Å². The van der Waals surface area contributed by atoms with Gasteiger partial charge in [0.2, 0.25) is 0 Å². The Morgan fingerprint density at radius 1 is 1.33 bits per heavy atom. The highest BCUT2D eigenvalue weighted by Gasteiger charge is 2.24. The monoisotopic (exact) mass is 369 g/mol. The van der Waals surface area contributed by atoms with Gasteiger partial charge in [-0.2, -0.15) is 0 Å². The van der Waals surface area contributed by atoms with E-state index in [-0.39, 0.29) is 17.7 Å². The summed E-state index contributed by atoms with van der Waals surface area (Å²) >= 11 is 0. The van der Waals surface area contributed by atoms with E-state index in [0.29, 0.717) is 34.6 Å². The number of anilines is 1. The lowest BCUT2D eigenvalue weighted by Crippen LogP contribution is -2.13. The minimum absolute atomic E-state index is 0.0907. The van der Waals surface area contributed by atoms with Crippen LogP contribution in [-0.2, 0) is 6.42 Å². The normalized spacial score (nSPS) is 15.5. The number of halogens is 1. The largest absolute Gasteiger partial charge is 0.492 e. The molecule has 0 saturated carbocycles. The van der Waals surface area contributed by atoms with E-state index in [1.54, 1.807) is 13.0 Å². The second-order valence-electron chi connectivity index (χ2n) is 6.67. The summed E-state index contributed by atoms with van der Waals surface area (Å²) in [6.45, 7) is 6.09. The molecule has 0 saturated heterocycles. The van der Waals surface area contributed by atoms with Crippen molar-refractivity contribution in [3.63, 3.8) is 0 Å². The van der Waals surface area contributed by atoms with E-state index in [4.69, 9.17) is 13.9 Å². The smallest absolute Gasteiger partial charge is 0.291 e. The highest BCUT2D eigenvalue weighted by Crippen LogP contribution is 2.38. The molecule has 1 atom stereocenters. The first kappa shape index (κ1) is 17.4. The number of fused-ring (bicyclic) bond motifs is 2. The van der Waals surface area contributed by atoms with Gasteiger partial charge in [0.05, 0.1) is 12.3 Å². The molecule has 0 radical (unpaired) electrons. The maximum atomic E-state index is 13.5. The number of aryl methyl sites for hydroxylation is 1. The fourth-order valence-electron chi connectivity index (χ4n) is 3.40. The molecule has 6 heteroatoms. The van der Waals surface area contributed by atoms with Gasteiger partial charge in [-0.05, 0) is 45.0 Å². The van der Waals surface area contributed by atoms with Gasteiger partial charge in [0.25, 0.3) is 5.91 Å². The van der Waals surface area contributed by atoms with Crippen molar-refractivity contribution in [3.05, 3.63) is 53.0 Å². The average molecular weight is 369 g/mol. The van der Waals surface area contributed by atoms with E-state index in [1.807, 2.05) is 19.9 Å². The van der Waals surface area contributed by atoms with Gasteiger partial charge in [0.1, 0.15) is 29.0 Å². The molecule has 1 amide bonds. The predicted octanol–water partition coefficient (Wildman–Crippen LogP) is 4.85. The number of hydrogen-bond donors (Lipinski definition) is 1. The summed E-state index contributed by atoms with van der Waals surface area (Å²) in [6, 6.07) is 7.86. The molecular formula is C21H20FNO4. The Labute approximate surface area is 156 Å². The molecule has 3 aromatic rings. The number of carbonyl (C=O) groups is 1. The zero-order chi connectivity index (χ0) is 19.1. The molecule has 1 aliphatic heterocycles. The lowest BCUT2D eigenvalue weighted by Gasteiger charge is -2.13. The van der Waals surface area contributed by atoms with Crippen LogP contribution in [0.4, 0.5) is 10.1 Å².